The van der Waals surface area contributed by atoms with Crippen LogP contribution in [-0.4, -0.2) is 57.6 Å². The molecule has 1 N–H and O–H groups in total. The fraction of sp³-hybridized carbons (Fsp3) is 0.500. The van der Waals surface area contributed by atoms with Crippen LogP contribution in [0.2, 0.25) is 0 Å². The topological polar surface area (TPSA) is 109 Å². The number of hydrogen-bond acceptors (Lipinski definition) is 6. The lowest BCUT2D eigenvalue weighted by Gasteiger charge is -2.39. The molecule has 1 saturated heterocycles. The van der Waals surface area contributed by atoms with Gasteiger partial charge in [-0.2, -0.15) is 26.3 Å². The minimum absolute atomic E-state index is 0.00868. The summed E-state index contributed by atoms with van der Waals surface area (Å²) in [5, 5.41) is 9.84. The molecule has 0 saturated carbocycles. The number of alkyl halides is 6. The average molecular weight is 646 g/mol. The minimum atomic E-state index is -6.15. The van der Waals surface area contributed by atoms with E-state index in [1.54, 1.807) is 0 Å². The zero-order chi connectivity index (χ0) is 31.3. The van der Waals surface area contributed by atoms with Crippen LogP contribution in [0.15, 0.2) is 47.4 Å². The summed E-state index contributed by atoms with van der Waals surface area (Å²) in [4.78, 5) is 12.5. The SMILES string of the molecule is O=C(CCC1CCS(=O)(=O)C1)C[C@@H]1CCc2cc(C(O)(C(F)(F)F)C(F)(F)F)ccc2N1S(=O)(=O)c1ccc(F)cc1. The lowest BCUT2D eigenvalue weighted by molar-refractivity contribution is -0.376. The van der Waals surface area contributed by atoms with E-state index < -0.39 is 65.9 Å². The molecular formula is C26H26F7NO6S2. The summed E-state index contributed by atoms with van der Waals surface area (Å²) >= 11 is 0. The van der Waals surface area contributed by atoms with E-state index in [-0.39, 0.29) is 60.8 Å². The highest BCUT2D eigenvalue weighted by Crippen LogP contribution is 2.51. The Morgan fingerprint density at radius 3 is 2.14 bits per heavy atom. The second-order valence-corrected chi connectivity index (χ2v) is 14.6. The molecular weight excluding hydrogens is 619 g/mol. The van der Waals surface area contributed by atoms with Crippen LogP contribution in [0.5, 0.6) is 0 Å². The Kier molecular flexibility index (Phi) is 8.50. The van der Waals surface area contributed by atoms with Crippen molar-refractivity contribution in [2.45, 2.75) is 67.4 Å². The summed E-state index contributed by atoms with van der Waals surface area (Å²) in [5.74, 6) is -1.46. The Hall–Kier alpha value is -2.72. The molecule has 1 fully saturated rings. The molecule has 16 heteroatoms. The van der Waals surface area contributed by atoms with Gasteiger partial charge in [-0.15, -0.1) is 0 Å². The van der Waals surface area contributed by atoms with E-state index in [0.717, 1.165) is 28.6 Å². The van der Waals surface area contributed by atoms with Crippen LogP contribution in [0.1, 0.15) is 43.2 Å². The molecule has 0 radical (unpaired) electrons. The summed E-state index contributed by atoms with van der Waals surface area (Å²) in [6.45, 7) is 0. The number of Topliss-reactive ketones (excluding diaryl/α,β-unsaturated/α-hetero) is 1. The number of halogens is 7. The molecule has 2 atom stereocenters. The van der Waals surface area contributed by atoms with Gasteiger partial charge in [0.15, 0.2) is 9.84 Å². The van der Waals surface area contributed by atoms with Crippen molar-refractivity contribution in [2.75, 3.05) is 15.8 Å². The number of anilines is 1. The summed E-state index contributed by atoms with van der Waals surface area (Å²) in [6, 6.07) is 3.96. The average Bonchev–Trinajstić information content (AvgIpc) is 3.23. The first-order chi connectivity index (χ1) is 19.3. The monoisotopic (exact) mass is 645 g/mol. The second-order valence-electron chi connectivity index (χ2n) is 10.5. The van der Waals surface area contributed by atoms with Gasteiger partial charge in [0.25, 0.3) is 15.6 Å². The molecule has 1 unspecified atom stereocenters. The van der Waals surface area contributed by atoms with Crippen LogP contribution < -0.4 is 4.31 Å². The van der Waals surface area contributed by atoms with Crippen LogP contribution in [0.4, 0.5) is 36.4 Å². The minimum Gasteiger partial charge on any atom is -0.369 e. The third-order valence-corrected chi connectivity index (χ3v) is 11.3. The zero-order valence-corrected chi connectivity index (χ0v) is 23.4. The Morgan fingerprint density at radius 1 is 0.976 bits per heavy atom. The van der Waals surface area contributed by atoms with E-state index in [1.807, 2.05) is 0 Å². The van der Waals surface area contributed by atoms with Crippen LogP contribution in [0.25, 0.3) is 0 Å². The predicted octanol–water partition coefficient (Wildman–Crippen LogP) is 4.82. The lowest BCUT2D eigenvalue weighted by atomic mass is 9.87. The van der Waals surface area contributed by atoms with Gasteiger partial charge in [-0.25, -0.2) is 21.2 Å². The Bertz CT molecular complexity index is 1540. The molecule has 7 nitrogen and oxygen atoms in total. The standard InChI is InChI=1S/C26H26F7NO6S2/c27-19-4-8-22(9-5-19)42(39,40)34-20(14-21(35)7-1-16-11-12-41(37,38)15-16)6-2-17-13-18(3-10-23(17)34)24(36,25(28,29)30)26(31,32)33/h3-5,8-10,13,16,20,36H,1-2,6-7,11-12,14-15H2/t16?,20-/m0/s1. The number of hydrogen-bond donors (Lipinski definition) is 1. The van der Waals surface area contributed by atoms with E-state index in [1.165, 1.54) is 0 Å². The normalized spacial score (nSPS) is 21.3. The van der Waals surface area contributed by atoms with Gasteiger partial charge in [0.05, 0.1) is 28.1 Å². The van der Waals surface area contributed by atoms with E-state index >= 15 is 0 Å². The third-order valence-electron chi connectivity index (χ3n) is 7.63. The molecule has 2 aromatic rings. The molecule has 2 aliphatic heterocycles. The van der Waals surface area contributed by atoms with E-state index in [2.05, 4.69) is 0 Å². The van der Waals surface area contributed by atoms with E-state index in [4.69, 9.17) is 0 Å². The van der Waals surface area contributed by atoms with Crippen molar-refractivity contribution in [1.29, 1.82) is 0 Å². The molecule has 0 aliphatic carbocycles. The molecule has 4 rings (SSSR count). The number of aryl methyl sites for hydroxylation is 1. The molecule has 2 heterocycles. The number of benzene rings is 2. The highest BCUT2D eigenvalue weighted by Gasteiger charge is 2.71. The maximum absolute atomic E-state index is 13.7. The van der Waals surface area contributed by atoms with Gasteiger partial charge in [0.1, 0.15) is 11.6 Å². The molecule has 2 aromatic carbocycles. The first-order valence-electron chi connectivity index (χ1n) is 12.8. The molecule has 0 amide bonds. The zero-order valence-electron chi connectivity index (χ0n) is 21.8. The second kappa shape index (κ2) is 11.1. The van der Waals surface area contributed by atoms with Crippen LogP contribution in [0, 0.1) is 11.7 Å². The first-order valence-corrected chi connectivity index (χ1v) is 16.0. The smallest absolute Gasteiger partial charge is 0.369 e. The number of nitrogens with zero attached hydrogens (tertiary/aromatic N) is 1. The summed E-state index contributed by atoms with van der Waals surface area (Å²) in [5.41, 5.74) is -7.32. The van der Waals surface area contributed by atoms with Crippen LogP contribution in [-0.2, 0) is 36.7 Å². The Morgan fingerprint density at radius 2 is 1.60 bits per heavy atom. The predicted molar refractivity (Wildman–Crippen MR) is 136 cm³/mol. The number of sulfonamides is 1. The molecule has 42 heavy (non-hydrogen) atoms. The van der Waals surface area contributed by atoms with Gasteiger partial charge in [-0.05, 0) is 67.5 Å². The summed E-state index contributed by atoms with van der Waals surface area (Å²) in [6.07, 6.45) is -12.5. The van der Waals surface area contributed by atoms with Crippen molar-refractivity contribution in [1.82, 2.24) is 0 Å². The van der Waals surface area contributed by atoms with Crippen molar-refractivity contribution >= 4 is 31.3 Å². The first kappa shape index (κ1) is 32.2. The molecule has 0 bridgehead atoms. The van der Waals surface area contributed by atoms with Gasteiger partial charge >= 0.3 is 12.4 Å². The summed E-state index contributed by atoms with van der Waals surface area (Å²) in [7, 11) is -7.79. The largest absolute Gasteiger partial charge is 0.430 e. The summed E-state index contributed by atoms with van der Waals surface area (Å²) < 4.78 is 146. The van der Waals surface area contributed by atoms with E-state index in [9.17, 15) is 57.5 Å². The fourth-order valence-electron chi connectivity index (χ4n) is 5.41. The number of carbonyl (C=O) groups excluding carboxylic acids is 1. The maximum atomic E-state index is 13.7. The van der Waals surface area contributed by atoms with Crippen LogP contribution >= 0.6 is 0 Å². The molecule has 2 aliphatic rings. The lowest BCUT2D eigenvalue weighted by Crippen LogP contribution is -2.54. The molecule has 0 spiro atoms. The Labute approximate surface area is 237 Å². The number of fused-ring (bicyclic) bond motifs is 1. The van der Waals surface area contributed by atoms with Gasteiger partial charge in [-0.3, -0.25) is 9.10 Å². The fourth-order valence-corrected chi connectivity index (χ4v) is 9.04. The molecule has 0 aromatic heterocycles. The number of carbonyl (C=O) groups is 1. The highest BCUT2D eigenvalue weighted by atomic mass is 32.2. The van der Waals surface area contributed by atoms with Crippen molar-refractivity contribution in [3.8, 4) is 0 Å². The van der Waals surface area contributed by atoms with Gasteiger partial charge in [-0.1, -0.05) is 12.1 Å². The van der Waals surface area contributed by atoms with Crippen LogP contribution in [0.3, 0.4) is 0 Å². The van der Waals surface area contributed by atoms with Gasteiger partial charge in [0, 0.05) is 18.4 Å². The van der Waals surface area contributed by atoms with Crippen molar-refractivity contribution in [2.24, 2.45) is 5.92 Å². The number of ketones is 1. The number of rotatable bonds is 8. The van der Waals surface area contributed by atoms with Gasteiger partial charge in [0.2, 0.25) is 0 Å². The number of sulfone groups is 1. The van der Waals surface area contributed by atoms with Crippen molar-refractivity contribution in [3.05, 3.63) is 59.4 Å². The van der Waals surface area contributed by atoms with Crippen molar-refractivity contribution in [3.63, 3.8) is 0 Å². The van der Waals surface area contributed by atoms with Gasteiger partial charge < -0.3 is 5.11 Å². The quantitative estimate of drug-likeness (QED) is 0.413. The van der Waals surface area contributed by atoms with Crippen molar-refractivity contribution < 1.29 is 57.5 Å². The van der Waals surface area contributed by atoms with E-state index in [0.29, 0.717) is 24.6 Å². The maximum Gasteiger partial charge on any atom is 0.430 e. The third kappa shape index (κ3) is 6.16. The Balaban J connectivity index is 1.71. The number of aliphatic hydroxyl groups is 1. The molecule has 232 valence electrons. The highest BCUT2D eigenvalue weighted by molar-refractivity contribution is 7.93.